The summed E-state index contributed by atoms with van der Waals surface area (Å²) >= 11 is 1.30. The first-order valence-corrected chi connectivity index (χ1v) is 14.5. The third-order valence-electron chi connectivity index (χ3n) is 6.36. The lowest BCUT2D eigenvalue weighted by atomic mass is 10.1. The summed E-state index contributed by atoms with van der Waals surface area (Å²) in [6.45, 7) is 0. The zero-order valence-electron chi connectivity index (χ0n) is 21.4. The molecule has 2 heterocycles. The number of fused-ring (bicyclic) bond motifs is 1. The highest BCUT2D eigenvalue weighted by Crippen LogP contribution is 2.35. The van der Waals surface area contributed by atoms with Crippen LogP contribution in [0.25, 0.3) is 37.6 Å². The maximum absolute atomic E-state index is 13.7. The highest BCUT2D eigenvalue weighted by molar-refractivity contribution is 7.86. The van der Waals surface area contributed by atoms with Crippen molar-refractivity contribution in [2.24, 2.45) is 10.2 Å². The van der Waals surface area contributed by atoms with Gasteiger partial charge in [-0.3, -0.25) is 14.4 Å². The van der Waals surface area contributed by atoms with E-state index in [4.69, 9.17) is 4.74 Å². The second-order valence-corrected chi connectivity index (χ2v) is 11.3. The molecule has 41 heavy (non-hydrogen) atoms. The fourth-order valence-electron chi connectivity index (χ4n) is 4.40. The summed E-state index contributed by atoms with van der Waals surface area (Å²) < 4.78 is 41.2. The van der Waals surface area contributed by atoms with E-state index in [9.17, 15) is 17.8 Å². The molecule has 0 aliphatic rings. The Morgan fingerprint density at radius 3 is 2.37 bits per heavy atom. The average molecular weight is 584 g/mol. The fraction of sp³-hybridized carbons (Fsp3) is 0.0345. The van der Waals surface area contributed by atoms with Crippen LogP contribution in [0.5, 0.6) is 5.75 Å². The van der Waals surface area contributed by atoms with E-state index >= 15 is 0 Å². The summed E-state index contributed by atoms with van der Waals surface area (Å²) in [6, 6.07) is 26.4. The summed E-state index contributed by atoms with van der Waals surface area (Å²) in [4.78, 5) is 18.6. The first-order chi connectivity index (χ1) is 19.8. The van der Waals surface area contributed by atoms with E-state index in [1.807, 2.05) is 42.5 Å². The Kier molecular flexibility index (Phi) is 6.79. The Morgan fingerprint density at radius 1 is 0.902 bits per heavy atom. The number of hydrogen-bond acceptors (Lipinski definition) is 8. The van der Waals surface area contributed by atoms with Crippen LogP contribution in [-0.2, 0) is 10.1 Å². The molecule has 0 saturated heterocycles. The Hall–Kier alpha value is -4.91. The van der Waals surface area contributed by atoms with E-state index in [2.05, 4.69) is 20.3 Å². The molecule has 0 bridgehead atoms. The number of ether oxygens (including phenoxy) is 1. The number of thiazole rings is 1. The van der Waals surface area contributed by atoms with Crippen molar-refractivity contribution in [2.45, 2.75) is 4.90 Å². The molecule has 0 atom stereocenters. The van der Waals surface area contributed by atoms with Gasteiger partial charge in [0.25, 0.3) is 10.1 Å². The van der Waals surface area contributed by atoms with Crippen LogP contribution in [0.15, 0.2) is 117 Å². The number of azo groups is 1. The maximum Gasteiger partial charge on any atom is 0.301 e. The normalized spacial score (nSPS) is 11.9. The van der Waals surface area contributed by atoms with Crippen LogP contribution in [0, 0.1) is 0 Å². The van der Waals surface area contributed by atoms with Gasteiger partial charge in [-0.15, -0.1) is 10.2 Å². The lowest BCUT2D eigenvalue weighted by Gasteiger charge is -2.06. The number of rotatable bonds is 7. The first kappa shape index (κ1) is 26.3. The van der Waals surface area contributed by atoms with Crippen LogP contribution in [-0.4, -0.2) is 34.8 Å². The number of nitrogens with one attached hydrogen (secondary N) is 1. The zero-order chi connectivity index (χ0) is 28.6. The van der Waals surface area contributed by atoms with Gasteiger partial charge in [0.15, 0.2) is 5.69 Å². The zero-order valence-corrected chi connectivity index (χ0v) is 23.1. The summed E-state index contributed by atoms with van der Waals surface area (Å²) in [5.74, 6) is 0.727. The molecule has 0 radical (unpaired) electrons. The summed E-state index contributed by atoms with van der Waals surface area (Å²) in [5, 5.41) is 12.7. The first-order valence-electron chi connectivity index (χ1n) is 12.3. The van der Waals surface area contributed by atoms with Crippen LogP contribution in [0.1, 0.15) is 0 Å². The van der Waals surface area contributed by atoms with Crippen molar-refractivity contribution in [3.05, 3.63) is 108 Å². The van der Waals surface area contributed by atoms with Crippen molar-refractivity contribution >= 4 is 43.6 Å². The molecule has 0 aliphatic heterocycles. The minimum absolute atomic E-state index is 0.0492. The van der Waals surface area contributed by atoms with Gasteiger partial charge in [0.1, 0.15) is 16.3 Å². The quantitative estimate of drug-likeness (QED) is 0.157. The largest absolute Gasteiger partial charge is 0.497 e. The van der Waals surface area contributed by atoms with Gasteiger partial charge in [0.2, 0.25) is 5.13 Å². The fourth-order valence-corrected chi connectivity index (χ4v) is 6.12. The van der Waals surface area contributed by atoms with E-state index in [1.165, 1.54) is 22.1 Å². The standard InChI is InChI=1S/C29H21N5O5S2/c1-39-21-14-11-19(12-15-21)24-17-30-29(40-24)34-28(35)26(25(33-34)20-8-3-2-4-9-20)32-31-23-16-13-18-7-5-6-10-22(18)27(23)41(36,37)38/h2-17,33H,1H3,(H,36,37,38). The molecule has 0 spiro atoms. The lowest BCUT2D eigenvalue weighted by Crippen LogP contribution is -2.13. The van der Waals surface area contributed by atoms with Gasteiger partial charge in [-0.1, -0.05) is 72.0 Å². The smallest absolute Gasteiger partial charge is 0.301 e. The molecular weight excluding hydrogens is 562 g/mol. The molecule has 2 N–H and O–H groups in total. The van der Waals surface area contributed by atoms with Gasteiger partial charge in [-0.05, 0) is 41.3 Å². The predicted molar refractivity (Wildman–Crippen MR) is 157 cm³/mol. The maximum atomic E-state index is 13.7. The van der Waals surface area contributed by atoms with Crippen LogP contribution >= 0.6 is 11.3 Å². The SMILES string of the molecule is COc1ccc(-c2cnc(-n3[nH]c(-c4ccccc4)c(N=Nc4ccc5ccccc5c4S(=O)(=O)O)c3=O)s2)cc1. The van der Waals surface area contributed by atoms with Crippen LogP contribution < -0.4 is 10.3 Å². The molecule has 6 aromatic rings. The molecule has 10 nitrogen and oxygen atoms in total. The minimum atomic E-state index is -4.66. The molecule has 4 aromatic carbocycles. The Bertz CT molecular complexity index is 2080. The van der Waals surface area contributed by atoms with Crippen LogP contribution in [0.2, 0.25) is 0 Å². The molecule has 0 fully saturated rings. The number of methoxy groups -OCH3 is 1. The molecule has 2 aromatic heterocycles. The molecule has 12 heteroatoms. The highest BCUT2D eigenvalue weighted by atomic mass is 32.2. The van der Waals surface area contributed by atoms with Crippen molar-refractivity contribution in [3.8, 4) is 32.6 Å². The monoisotopic (exact) mass is 583 g/mol. The van der Waals surface area contributed by atoms with Crippen LogP contribution in [0.4, 0.5) is 11.4 Å². The predicted octanol–water partition coefficient (Wildman–Crippen LogP) is 6.78. The van der Waals surface area contributed by atoms with Crippen molar-refractivity contribution in [1.82, 2.24) is 14.8 Å². The van der Waals surface area contributed by atoms with Gasteiger partial charge in [-0.2, -0.15) is 13.1 Å². The number of H-pyrrole nitrogens is 1. The van der Waals surface area contributed by atoms with E-state index < -0.39 is 15.7 Å². The summed E-state index contributed by atoms with van der Waals surface area (Å²) in [6.07, 6.45) is 1.67. The molecular formula is C29H21N5O5S2. The molecule has 0 unspecified atom stereocenters. The molecule has 204 valence electrons. The van der Waals surface area contributed by atoms with Crippen molar-refractivity contribution in [2.75, 3.05) is 7.11 Å². The summed E-state index contributed by atoms with van der Waals surface area (Å²) in [5.41, 5.74) is 1.26. The van der Waals surface area contributed by atoms with Crippen molar-refractivity contribution in [1.29, 1.82) is 0 Å². The number of aromatic nitrogens is 3. The Balaban J connectivity index is 1.47. The highest BCUT2D eigenvalue weighted by Gasteiger charge is 2.22. The number of benzene rings is 4. The average Bonchev–Trinajstić information content (AvgIpc) is 3.60. The Morgan fingerprint density at radius 2 is 1.63 bits per heavy atom. The third kappa shape index (κ3) is 5.07. The van der Waals surface area contributed by atoms with Gasteiger partial charge in [0, 0.05) is 17.1 Å². The van der Waals surface area contributed by atoms with Crippen LogP contribution in [0.3, 0.4) is 0 Å². The van der Waals surface area contributed by atoms with Gasteiger partial charge < -0.3 is 4.74 Å². The molecule has 0 saturated carbocycles. The molecule has 6 rings (SSSR count). The van der Waals surface area contributed by atoms with E-state index in [-0.39, 0.29) is 21.7 Å². The lowest BCUT2D eigenvalue weighted by molar-refractivity contribution is 0.415. The van der Waals surface area contributed by atoms with Gasteiger partial charge >= 0.3 is 5.56 Å². The topological polar surface area (TPSA) is 139 Å². The second-order valence-electron chi connectivity index (χ2n) is 8.89. The van der Waals surface area contributed by atoms with Crippen molar-refractivity contribution < 1.29 is 17.7 Å². The van der Waals surface area contributed by atoms with E-state index in [0.29, 0.717) is 21.8 Å². The van der Waals surface area contributed by atoms with Gasteiger partial charge in [0.05, 0.1) is 17.7 Å². The second kappa shape index (κ2) is 10.6. The number of aromatic amines is 1. The summed E-state index contributed by atoms with van der Waals surface area (Å²) in [7, 11) is -3.07. The number of nitrogens with zero attached hydrogens (tertiary/aromatic N) is 4. The van der Waals surface area contributed by atoms with E-state index in [0.717, 1.165) is 16.2 Å². The van der Waals surface area contributed by atoms with Crippen molar-refractivity contribution in [3.63, 3.8) is 0 Å². The van der Waals surface area contributed by atoms with Gasteiger partial charge in [-0.25, -0.2) is 4.98 Å². The Labute approximate surface area is 238 Å². The third-order valence-corrected chi connectivity index (χ3v) is 8.34. The number of hydrogen-bond donors (Lipinski definition) is 2. The van der Waals surface area contributed by atoms with E-state index in [1.54, 1.807) is 55.8 Å². The minimum Gasteiger partial charge on any atom is -0.497 e. The molecule has 0 aliphatic carbocycles. The molecule has 0 amide bonds.